The average molecular weight is 572 g/mol. The maximum absolute atomic E-state index is 13.7. The third-order valence-electron chi connectivity index (χ3n) is 8.83. The van der Waals surface area contributed by atoms with Gasteiger partial charge >= 0.3 is 0 Å². The molecular formula is C31H45N3O7. The van der Waals surface area contributed by atoms with Crippen LogP contribution in [0.1, 0.15) is 77.2 Å². The van der Waals surface area contributed by atoms with Crippen LogP contribution in [0.2, 0.25) is 0 Å². The zero-order valence-electron chi connectivity index (χ0n) is 24.4. The van der Waals surface area contributed by atoms with Gasteiger partial charge in [-0.15, -0.1) is 0 Å². The van der Waals surface area contributed by atoms with Crippen molar-refractivity contribution in [2.75, 3.05) is 13.7 Å². The first-order valence-corrected chi connectivity index (χ1v) is 15.0. The number of benzene rings is 1. The molecule has 2 aliphatic carbocycles. The minimum atomic E-state index is -0.966. The molecule has 4 N–H and O–H groups in total. The second-order valence-corrected chi connectivity index (χ2v) is 12.2. The molecule has 1 saturated heterocycles. The van der Waals surface area contributed by atoms with Gasteiger partial charge in [-0.1, -0.05) is 37.8 Å². The maximum Gasteiger partial charge on any atom is 0.243 e. The summed E-state index contributed by atoms with van der Waals surface area (Å²) in [6.07, 6.45) is 6.93. The molecule has 0 unspecified atom stereocenters. The fourth-order valence-electron chi connectivity index (χ4n) is 5.94. The summed E-state index contributed by atoms with van der Waals surface area (Å²) >= 11 is 0. The summed E-state index contributed by atoms with van der Waals surface area (Å²) in [5, 5.41) is 18.3. The van der Waals surface area contributed by atoms with E-state index < -0.39 is 35.5 Å². The molecule has 1 aliphatic heterocycles. The number of ether oxygens (including phenoxy) is 2. The molecule has 0 radical (unpaired) electrons. The highest BCUT2D eigenvalue weighted by atomic mass is 16.6. The monoisotopic (exact) mass is 571 g/mol. The fraction of sp³-hybridized carbons (Fsp3) is 0.677. The van der Waals surface area contributed by atoms with Gasteiger partial charge in [0, 0.05) is 12.3 Å². The highest BCUT2D eigenvalue weighted by molar-refractivity contribution is 5.98. The van der Waals surface area contributed by atoms with Crippen molar-refractivity contribution < 1.29 is 33.8 Å². The molecule has 1 heterocycles. The molecule has 0 aromatic heterocycles. The van der Waals surface area contributed by atoms with Crippen molar-refractivity contribution in [2.45, 2.75) is 108 Å². The smallest absolute Gasteiger partial charge is 0.243 e. The third kappa shape index (κ3) is 8.52. The number of aliphatic hydroxyl groups is 1. The number of Topliss-reactive ketones (excluding diaryl/α,β-unsaturated/α-hetero) is 1. The van der Waals surface area contributed by atoms with E-state index >= 15 is 0 Å². The van der Waals surface area contributed by atoms with E-state index in [2.05, 4.69) is 16.0 Å². The first-order valence-electron chi connectivity index (χ1n) is 15.0. The molecule has 41 heavy (non-hydrogen) atoms. The molecule has 0 spiro atoms. The SMILES string of the molecule is COc1ccc(C[C@H](NC(=O)[C@@H](C)NC(=O)[C@H]2CC[C@H](O)CC2)C(=O)N[C@@H](CC2CCCC2)C(=O)[C@@]2(C)CO2)cc1. The van der Waals surface area contributed by atoms with Gasteiger partial charge in [0.05, 0.1) is 25.9 Å². The minimum Gasteiger partial charge on any atom is -0.497 e. The summed E-state index contributed by atoms with van der Waals surface area (Å²) in [7, 11) is 1.57. The van der Waals surface area contributed by atoms with Gasteiger partial charge in [0.2, 0.25) is 17.7 Å². The zero-order chi connectivity index (χ0) is 29.6. The summed E-state index contributed by atoms with van der Waals surface area (Å²) in [5.41, 5.74) is -0.0703. The lowest BCUT2D eigenvalue weighted by Crippen LogP contribution is -2.57. The summed E-state index contributed by atoms with van der Waals surface area (Å²) in [4.78, 5) is 53.0. The lowest BCUT2D eigenvalue weighted by Gasteiger charge is -2.28. The first kappa shape index (κ1) is 31.0. The normalized spacial score (nSPS) is 26.3. The molecule has 3 fully saturated rings. The topological polar surface area (TPSA) is 146 Å². The van der Waals surface area contributed by atoms with E-state index in [1.165, 1.54) is 0 Å². The Morgan fingerprint density at radius 3 is 2.15 bits per heavy atom. The number of carbonyl (C=O) groups is 4. The van der Waals surface area contributed by atoms with Crippen molar-refractivity contribution >= 4 is 23.5 Å². The molecule has 1 aromatic rings. The predicted molar refractivity (Wildman–Crippen MR) is 152 cm³/mol. The Bertz CT molecular complexity index is 1070. The van der Waals surface area contributed by atoms with Gasteiger partial charge in [-0.25, -0.2) is 0 Å². The van der Waals surface area contributed by atoms with Crippen molar-refractivity contribution in [3.8, 4) is 5.75 Å². The molecule has 10 heteroatoms. The van der Waals surface area contributed by atoms with Crippen LogP contribution in [-0.4, -0.2) is 72.2 Å². The zero-order valence-corrected chi connectivity index (χ0v) is 24.4. The number of nitrogens with one attached hydrogen (secondary N) is 3. The molecule has 1 aromatic carbocycles. The van der Waals surface area contributed by atoms with Crippen LogP contribution in [0, 0.1) is 11.8 Å². The van der Waals surface area contributed by atoms with E-state index in [-0.39, 0.29) is 30.1 Å². The molecule has 226 valence electrons. The number of epoxide rings is 1. The number of amides is 3. The largest absolute Gasteiger partial charge is 0.497 e. The molecule has 0 bridgehead atoms. The van der Waals surface area contributed by atoms with Crippen molar-refractivity contribution in [2.24, 2.45) is 11.8 Å². The van der Waals surface area contributed by atoms with Crippen LogP contribution in [0.25, 0.3) is 0 Å². The van der Waals surface area contributed by atoms with Crippen LogP contribution in [0.5, 0.6) is 5.75 Å². The lowest BCUT2D eigenvalue weighted by molar-refractivity contribution is -0.135. The lowest BCUT2D eigenvalue weighted by atomic mass is 9.87. The Morgan fingerprint density at radius 2 is 1.56 bits per heavy atom. The molecule has 2 saturated carbocycles. The Labute approximate surface area is 242 Å². The van der Waals surface area contributed by atoms with E-state index in [1.807, 2.05) is 12.1 Å². The number of ketones is 1. The van der Waals surface area contributed by atoms with Crippen LogP contribution >= 0.6 is 0 Å². The summed E-state index contributed by atoms with van der Waals surface area (Å²) < 4.78 is 10.7. The maximum atomic E-state index is 13.7. The van der Waals surface area contributed by atoms with E-state index in [0.29, 0.717) is 50.4 Å². The summed E-state index contributed by atoms with van der Waals surface area (Å²) in [6.45, 7) is 3.67. The van der Waals surface area contributed by atoms with E-state index in [4.69, 9.17) is 9.47 Å². The van der Waals surface area contributed by atoms with Gasteiger partial charge in [-0.05, 0) is 69.6 Å². The van der Waals surface area contributed by atoms with Crippen molar-refractivity contribution in [3.05, 3.63) is 29.8 Å². The second-order valence-electron chi connectivity index (χ2n) is 12.2. The van der Waals surface area contributed by atoms with Gasteiger partial charge in [0.1, 0.15) is 23.4 Å². The fourth-order valence-corrected chi connectivity index (χ4v) is 5.94. The Hall–Kier alpha value is -2.98. The van der Waals surface area contributed by atoms with Crippen LogP contribution in [0.4, 0.5) is 0 Å². The van der Waals surface area contributed by atoms with Gasteiger partial charge in [0.25, 0.3) is 0 Å². The Kier molecular flexibility index (Phi) is 10.4. The molecule has 4 rings (SSSR count). The highest BCUT2D eigenvalue weighted by Crippen LogP contribution is 2.33. The Morgan fingerprint density at radius 1 is 0.951 bits per heavy atom. The standard InChI is InChI=1S/C31H45N3O7/c1-19(32-29(38)22-10-12-23(35)13-11-22)28(37)34-26(17-21-8-14-24(40-3)15-9-21)30(39)33-25(16-20-6-4-5-7-20)27(36)31(2)18-41-31/h8-9,14-15,19-20,22-23,25-26,35H,4-7,10-13,16-18H2,1-3H3,(H,32,38)(H,33,39)(H,34,37)/t19-,22-,23-,25+,26+,31-/m1/s1. The van der Waals surface area contributed by atoms with Gasteiger partial charge in [-0.3, -0.25) is 19.2 Å². The minimum absolute atomic E-state index is 0.134. The van der Waals surface area contributed by atoms with Crippen molar-refractivity contribution in [1.82, 2.24) is 16.0 Å². The van der Waals surface area contributed by atoms with E-state index in [9.17, 15) is 24.3 Å². The van der Waals surface area contributed by atoms with Crippen LogP contribution in [0.3, 0.4) is 0 Å². The number of carbonyl (C=O) groups excluding carboxylic acids is 4. The molecule has 10 nitrogen and oxygen atoms in total. The van der Waals surface area contributed by atoms with Crippen LogP contribution < -0.4 is 20.7 Å². The number of hydrogen-bond acceptors (Lipinski definition) is 7. The second kappa shape index (κ2) is 13.8. The number of rotatable bonds is 13. The van der Waals surface area contributed by atoms with Crippen molar-refractivity contribution in [1.29, 1.82) is 0 Å². The van der Waals surface area contributed by atoms with E-state index in [0.717, 1.165) is 31.2 Å². The highest BCUT2D eigenvalue weighted by Gasteiger charge is 2.50. The van der Waals surface area contributed by atoms with Crippen LogP contribution in [-0.2, 0) is 30.3 Å². The number of aliphatic hydroxyl groups excluding tert-OH is 1. The predicted octanol–water partition coefficient (Wildman–Crippen LogP) is 2.20. The first-order chi connectivity index (χ1) is 19.6. The molecular weight excluding hydrogens is 526 g/mol. The molecule has 3 amide bonds. The van der Waals surface area contributed by atoms with Crippen molar-refractivity contribution in [3.63, 3.8) is 0 Å². The quantitative estimate of drug-likeness (QED) is 0.266. The molecule has 4 atom stereocenters. The van der Waals surface area contributed by atoms with Gasteiger partial charge < -0.3 is 30.5 Å². The van der Waals surface area contributed by atoms with Crippen LogP contribution in [0.15, 0.2) is 24.3 Å². The van der Waals surface area contributed by atoms with E-state index in [1.54, 1.807) is 33.1 Å². The Balaban J connectivity index is 1.45. The summed E-state index contributed by atoms with van der Waals surface area (Å²) in [6, 6.07) is 4.69. The third-order valence-corrected chi connectivity index (χ3v) is 8.83. The molecule has 3 aliphatic rings. The van der Waals surface area contributed by atoms with Gasteiger partial charge in [0.15, 0.2) is 5.78 Å². The summed E-state index contributed by atoms with van der Waals surface area (Å²) in [5.74, 6) is -0.516. The number of hydrogen-bond donors (Lipinski definition) is 4. The number of methoxy groups -OCH3 is 1. The average Bonchev–Trinajstić information content (AvgIpc) is 3.50. The van der Waals surface area contributed by atoms with Gasteiger partial charge in [-0.2, -0.15) is 0 Å².